The predicted molar refractivity (Wildman–Crippen MR) is 301 cm³/mol. The van der Waals surface area contributed by atoms with Crippen LogP contribution in [0, 0.1) is 6.07 Å². The van der Waals surface area contributed by atoms with E-state index in [0.717, 1.165) is 94.4 Å². The van der Waals surface area contributed by atoms with Crippen LogP contribution in [0.2, 0.25) is 19.6 Å². The molecule has 72 heavy (non-hydrogen) atoms. The van der Waals surface area contributed by atoms with E-state index in [1.54, 1.807) is 0 Å². The molecule has 0 unspecified atom stereocenters. The Labute approximate surface area is 439 Å². The zero-order valence-electron chi connectivity index (χ0n) is 42.5. The van der Waals surface area contributed by atoms with Crippen molar-refractivity contribution in [2.75, 3.05) is 0 Å². The van der Waals surface area contributed by atoms with Gasteiger partial charge in [-0.05, 0) is 97.6 Å². The van der Waals surface area contributed by atoms with Crippen LogP contribution in [-0.4, -0.2) is 32.3 Å². The fourth-order valence-corrected chi connectivity index (χ4v) is 11.3. The van der Waals surface area contributed by atoms with Gasteiger partial charge in [-0.3, -0.25) is 4.57 Å². The summed E-state index contributed by atoms with van der Waals surface area (Å²) in [7, 11) is -1.49. The minimum Gasteiger partial charge on any atom is -0.507 e. The Bertz CT molecular complexity index is 3810. The Morgan fingerprint density at radius 1 is 0.514 bits per heavy atom. The molecule has 11 aromatic rings. The summed E-state index contributed by atoms with van der Waals surface area (Å²) in [5.41, 5.74) is 15.4. The summed E-state index contributed by atoms with van der Waals surface area (Å²) in [6, 6.07) is 68.9. The molecule has 0 spiro atoms. The number of pyridine rings is 1. The second kappa shape index (κ2) is 18.5. The topological polar surface area (TPSA) is 55.9 Å². The summed E-state index contributed by atoms with van der Waals surface area (Å²) in [6.45, 7) is 20.4. The molecule has 0 aliphatic heterocycles. The smallest absolute Gasteiger partial charge is 0.148 e. The normalized spacial score (nSPS) is 12.2. The minimum absolute atomic E-state index is 0. The van der Waals surface area contributed by atoms with Crippen molar-refractivity contribution in [2.45, 2.75) is 72.0 Å². The Kier molecular flexibility index (Phi) is 12.5. The molecule has 8 aromatic carbocycles. The van der Waals surface area contributed by atoms with Gasteiger partial charge in [0.2, 0.25) is 0 Å². The first-order valence-corrected chi connectivity index (χ1v) is 28.2. The van der Waals surface area contributed by atoms with Gasteiger partial charge in [-0.1, -0.05) is 205 Å². The summed E-state index contributed by atoms with van der Waals surface area (Å²) >= 11 is 0. The number of nitrogens with zero attached hydrogens (tertiary/aromatic N) is 4. The van der Waals surface area contributed by atoms with Crippen molar-refractivity contribution in [1.82, 2.24) is 19.1 Å². The minimum atomic E-state index is -1.49. The van der Waals surface area contributed by atoms with Gasteiger partial charge in [0.05, 0.1) is 30.4 Å². The molecule has 3 heterocycles. The van der Waals surface area contributed by atoms with E-state index >= 15 is 0 Å². The van der Waals surface area contributed by atoms with Gasteiger partial charge in [-0.25, -0.2) is 9.97 Å². The number of hydrogen-bond acceptors (Lipinski definition) is 3. The van der Waals surface area contributed by atoms with Crippen LogP contribution in [0.15, 0.2) is 188 Å². The first kappa shape index (κ1) is 48.5. The monoisotopic (exact) mass is 1130 g/mol. The molecule has 0 amide bonds. The van der Waals surface area contributed by atoms with Crippen molar-refractivity contribution in [2.24, 2.45) is 0 Å². The predicted octanol–water partition coefficient (Wildman–Crippen LogP) is 16.5. The number of benzene rings is 8. The third-order valence-corrected chi connectivity index (χ3v) is 16.1. The Balaban J connectivity index is 0.00000596. The van der Waals surface area contributed by atoms with Crippen molar-refractivity contribution in [3.63, 3.8) is 0 Å². The summed E-state index contributed by atoms with van der Waals surface area (Å²) in [5.74, 6) is 1.73. The van der Waals surface area contributed by atoms with Crippen LogP contribution in [0.4, 0.5) is 0 Å². The fourth-order valence-electron chi connectivity index (χ4n) is 10.1. The molecule has 5 nitrogen and oxygen atoms in total. The maximum absolute atomic E-state index is 12.7. The van der Waals surface area contributed by atoms with E-state index in [9.17, 15) is 5.11 Å². The van der Waals surface area contributed by atoms with Crippen LogP contribution in [0.5, 0.6) is 5.75 Å². The zero-order valence-corrected chi connectivity index (χ0v) is 45.7. The molecule has 0 aliphatic carbocycles. The van der Waals surface area contributed by atoms with Crippen LogP contribution in [0.25, 0.3) is 100 Å². The van der Waals surface area contributed by atoms with E-state index in [-0.39, 0.29) is 37.6 Å². The molecule has 0 radical (unpaired) electrons. The second-order valence-corrected chi connectivity index (χ2v) is 27.1. The molecule has 0 saturated heterocycles. The van der Waals surface area contributed by atoms with Gasteiger partial charge in [0, 0.05) is 43.9 Å². The van der Waals surface area contributed by atoms with Crippen LogP contribution in [0.3, 0.4) is 0 Å². The quantitative estimate of drug-likeness (QED) is 0.122. The molecule has 3 aromatic heterocycles. The van der Waals surface area contributed by atoms with Crippen molar-refractivity contribution >= 4 is 46.1 Å². The summed E-state index contributed by atoms with van der Waals surface area (Å²) in [4.78, 5) is 10.7. The SMILES string of the molecule is CC(C)(C)c1cc(-c2nc3c(-c4[c-]c5c(cc4)c4ccccc4n5-c4cc(-c5ccccc5)ccn4)cccc3n2-c2ccc(-c3ccc([Si](C)(C)C)cc3)cc2-c2ccccc2)c(O)c(C(C)(C)C)c1.[Pt]. The molecule has 0 fully saturated rings. The van der Waals surface area contributed by atoms with Crippen molar-refractivity contribution < 1.29 is 26.2 Å². The Morgan fingerprint density at radius 3 is 1.85 bits per heavy atom. The van der Waals surface area contributed by atoms with Gasteiger partial charge in [-0.2, -0.15) is 0 Å². The maximum Gasteiger partial charge on any atom is 0.148 e. The maximum atomic E-state index is 12.7. The number of hydrogen-bond donors (Lipinski definition) is 1. The zero-order chi connectivity index (χ0) is 49.4. The molecule has 0 atom stereocenters. The van der Waals surface area contributed by atoms with Crippen LogP contribution >= 0.6 is 0 Å². The van der Waals surface area contributed by atoms with Gasteiger partial charge in [-0.15, -0.1) is 23.8 Å². The van der Waals surface area contributed by atoms with Crippen molar-refractivity contribution in [1.29, 1.82) is 0 Å². The number of phenolic OH excluding ortho intramolecular Hbond substituents is 1. The third kappa shape index (κ3) is 8.75. The van der Waals surface area contributed by atoms with E-state index < -0.39 is 8.07 Å². The van der Waals surface area contributed by atoms with Crippen molar-refractivity contribution in [3.05, 3.63) is 205 Å². The number of aromatic nitrogens is 4. The van der Waals surface area contributed by atoms with Gasteiger partial charge in [0.1, 0.15) is 17.4 Å². The third-order valence-electron chi connectivity index (χ3n) is 14.1. The molecular formula is C65H59N4OPtSi-. The molecule has 1 N–H and O–H groups in total. The largest absolute Gasteiger partial charge is 0.507 e. The number of aromatic hydroxyl groups is 1. The number of fused-ring (bicyclic) bond motifs is 4. The van der Waals surface area contributed by atoms with Crippen LogP contribution in [0.1, 0.15) is 52.7 Å². The van der Waals surface area contributed by atoms with Gasteiger partial charge in [0.25, 0.3) is 0 Å². The molecule has 0 aliphatic rings. The first-order valence-electron chi connectivity index (χ1n) is 24.7. The van der Waals surface area contributed by atoms with Crippen LogP contribution < -0.4 is 5.19 Å². The van der Waals surface area contributed by atoms with E-state index in [2.05, 4.69) is 252 Å². The number of phenols is 1. The first-order chi connectivity index (χ1) is 34.0. The molecular weight excluding hydrogens is 1080 g/mol. The summed E-state index contributed by atoms with van der Waals surface area (Å²) < 4.78 is 4.52. The number of rotatable bonds is 8. The Hall–Kier alpha value is -7.11. The molecule has 0 bridgehead atoms. The summed E-state index contributed by atoms with van der Waals surface area (Å²) in [6.07, 6.45) is 1.90. The Morgan fingerprint density at radius 2 is 1.15 bits per heavy atom. The van der Waals surface area contributed by atoms with Crippen LogP contribution in [-0.2, 0) is 31.9 Å². The van der Waals surface area contributed by atoms with Gasteiger partial charge in [0.15, 0.2) is 0 Å². The molecule has 360 valence electrons. The molecule has 7 heteroatoms. The van der Waals surface area contributed by atoms with Crippen molar-refractivity contribution in [3.8, 4) is 73.2 Å². The average Bonchev–Trinajstić information content (AvgIpc) is 3.92. The van der Waals surface area contributed by atoms with E-state index in [1.165, 1.54) is 10.8 Å². The average molecular weight is 1140 g/mol. The van der Waals surface area contributed by atoms with Gasteiger partial charge >= 0.3 is 0 Å². The number of para-hydroxylation sites is 2. The standard InChI is InChI=1S/C65H59N4OSi.Pt/c1-64(2,3)48-40-54(62(70)55(41-48)65(4,5)6)63-67-61-50(47-29-33-52-51-23-16-17-25-56(51)68(59(52)38-47)60-39-46(35-36-66-60)42-19-12-10-13-20-42)24-18-26-58(61)69(63)57-34-30-45(37-53(57)44-21-14-11-15-22-44)43-27-31-49(32-28-43)71(7,8)9;/h10-37,39-41,70H,1-9H3;/q-1;. The molecule has 0 saturated carbocycles. The molecule has 11 rings (SSSR count). The van der Waals surface area contributed by atoms with E-state index in [0.29, 0.717) is 11.4 Å². The number of imidazole rings is 1. The fraction of sp³-hybridized carbons (Fsp3) is 0.169. The second-order valence-electron chi connectivity index (χ2n) is 22.0. The van der Waals surface area contributed by atoms with Gasteiger partial charge < -0.3 is 9.67 Å². The van der Waals surface area contributed by atoms with E-state index in [1.807, 2.05) is 12.3 Å². The van der Waals surface area contributed by atoms with E-state index in [4.69, 9.17) is 9.97 Å². The summed E-state index contributed by atoms with van der Waals surface area (Å²) in [5, 5.41) is 16.3.